The number of ketones is 1. The van der Waals surface area contributed by atoms with Crippen LogP contribution in [0.15, 0.2) is 53.3 Å². The molecule has 0 radical (unpaired) electrons. The Balaban J connectivity index is 1.63. The summed E-state index contributed by atoms with van der Waals surface area (Å²) in [4.78, 5) is 18.6. The first-order valence-electron chi connectivity index (χ1n) is 8.60. The predicted molar refractivity (Wildman–Crippen MR) is 99.9 cm³/mol. The molecule has 7 nitrogen and oxygen atoms in total. The maximum Gasteiger partial charge on any atom is 0.226 e. The quantitative estimate of drug-likeness (QED) is 0.591. The van der Waals surface area contributed by atoms with Gasteiger partial charge in [0.25, 0.3) is 0 Å². The zero-order valence-electron chi connectivity index (χ0n) is 14.2. The summed E-state index contributed by atoms with van der Waals surface area (Å²) in [7, 11) is 0. The second-order valence-corrected chi connectivity index (χ2v) is 7.72. The molecule has 0 saturated heterocycles. The molecule has 0 saturated carbocycles. The standard InChI is InChI=1S/C19H16N4O3S/c24-13-4-3-10(7-14(13)25)18-17-12(22-19-20-9-21-23(18)19)6-11(8-15(17)26)16-2-1-5-27-16/h1-5,7,9,11,18,24-25H,6,8H2,(H,20,21,22)/t11-,18-/m0/s1. The van der Waals surface area contributed by atoms with E-state index < -0.39 is 6.04 Å². The van der Waals surface area contributed by atoms with Crippen LogP contribution in [0.1, 0.15) is 35.2 Å². The fourth-order valence-corrected chi connectivity index (χ4v) is 4.73. The van der Waals surface area contributed by atoms with Gasteiger partial charge in [-0.25, -0.2) is 4.68 Å². The molecule has 136 valence electrons. The molecule has 1 aliphatic carbocycles. The summed E-state index contributed by atoms with van der Waals surface area (Å²) >= 11 is 1.66. The van der Waals surface area contributed by atoms with Gasteiger partial charge in [0.1, 0.15) is 12.4 Å². The van der Waals surface area contributed by atoms with Gasteiger partial charge >= 0.3 is 0 Å². The minimum absolute atomic E-state index is 0.0564. The Morgan fingerprint density at radius 1 is 1.19 bits per heavy atom. The lowest BCUT2D eigenvalue weighted by atomic mass is 9.80. The fourth-order valence-electron chi connectivity index (χ4n) is 3.90. The lowest BCUT2D eigenvalue weighted by Gasteiger charge is -2.34. The monoisotopic (exact) mass is 380 g/mol. The number of nitrogens with one attached hydrogen (secondary N) is 1. The normalized spacial score (nSPS) is 21.6. The number of aromatic nitrogens is 3. The van der Waals surface area contributed by atoms with Crippen molar-refractivity contribution < 1.29 is 15.0 Å². The lowest BCUT2D eigenvalue weighted by Crippen LogP contribution is -2.33. The van der Waals surface area contributed by atoms with Crippen molar-refractivity contribution in [3.63, 3.8) is 0 Å². The molecule has 27 heavy (non-hydrogen) atoms. The van der Waals surface area contributed by atoms with E-state index in [-0.39, 0.29) is 23.2 Å². The van der Waals surface area contributed by atoms with Crippen molar-refractivity contribution in [3.8, 4) is 11.5 Å². The van der Waals surface area contributed by atoms with E-state index in [0.717, 1.165) is 12.1 Å². The van der Waals surface area contributed by atoms with Gasteiger partial charge in [-0.15, -0.1) is 11.3 Å². The van der Waals surface area contributed by atoms with Crippen molar-refractivity contribution in [1.29, 1.82) is 0 Å². The van der Waals surface area contributed by atoms with Crippen LogP contribution < -0.4 is 5.32 Å². The fraction of sp³-hybridized carbons (Fsp3) is 0.211. The number of phenols is 2. The number of aromatic hydroxyl groups is 2. The molecule has 0 bridgehead atoms. The molecule has 5 rings (SSSR count). The van der Waals surface area contributed by atoms with Gasteiger partial charge in [0.15, 0.2) is 17.3 Å². The van der Waals surface area contributed by atoms with Gasteiger partial charge in [-0.2, -0.15) is 10.1 Å². The van der Waals surface area contributed by atoms with Crippen LogP contribution in [0, 0.1) is 0 Å². The Hall–Kier alpha value is -3.13. The third kappa shape index (κ3) is 2.52. The first kappa shape index (κ1) is 16.1. The van der Waals surface area contributed by atoms with E-state index in [2.05, 4.69) is 21.5 Å². The van der Waals surface area contributed by atoms with E-state index in [0.29, 0.717) is 23.5 Å². The Bertz CT molecular complexity index is 1070. The maximum absolute atomic E-state index is 13.1. The average Bonchev–Trinajstić information content (AvgIpc) is 3.33. The first-order chi connectivity index (χ1) is 13.1. The topological polar surface area (TPSA) is 100 Å². The number of allylic oxidation sites excluding steroid dienone is 2. The summed E-state index contributed by atoms with van der Waals surface area (Å²) in [5, 5.41) is 29.2. The van der Waals surface area contributed by atoms with Crippen LogP contribution in [-0.2, 0) is 4.79 Å². The van der Waals surface area contributed by atoms with Crippen LogP contribution in [0.25, 0.3) is 0 Å². The van der Waals surface area contributed by atoms with E-state index in [1.165, 1.54) is 23.3 Å². The summed E-state index contributed by atoms with van der Waals surface area (Å²) in [5.74, 6) is 0.335. The molecule has 3 heterocycles. The smallest absolute Gasteiger partial charge is 0.226 e. The average molecular weight is 380 g/mol. The second kappa shape index (κ2) is 5.95. The van der Waals surface area contributed by atoms with Crippen molar-refractivity contribution in [3.05, 3.63) is 63.7 Å². The van der Waals surface area contributed by atoms with Crippen LogP contribution in [0.5, 0.6) is 11.5 Å². The highest BCUT2D eigenvalue weighted by Gasteiger charge is 2.39. The maximum atomic E-state index is 13.1. The van der Waals surface area contributed by atoms with Crippen LogP contribution in [0.3, 0.4) is 0 Å². The van der Waals surface area contributed by atoms with Crippen molar-refractivity contribution in [1.82, 2.24) is 14.8 Å². The Kier molecular flexibility index (Phi) is 3.54. The zero-order chi connectivity index (χ0) is 18.5. The molecule has 1 aliphatic heterocycles. The third-order valence-corrected chi connectivity index (χ3v) is 6.16. The molecule has 8 heteroatoms. The van der Waals surface area contributed by atoms with E-state index >= 15 is 0 Å². The molecule has 0 fully saturated rings. The van der Waals surface area contributed by atoms with Crippen LogP contribution >= 0.6 is 11.3 Å². The molecule has 1 aromatic carbocycles. The molecule has 2 atom stereocenters. The van der Waals surface area contributed by atoms with Gasteiger partial charge in [0.2, 0.25) is 5.95 Å². The molecule has 0 amide bonds. The summed E-state index contributed by atoms with van der Waals surface area (Å²) in [6, 6.07) is 8.17. The highest BCUT2D eigenvalue weighted by Crippen LogP contribution is 2.45. The second-order valence-electron chi connectivity index (χ2n) is 6.74. The number of nitrogens with zero attached hydrogens (tertiary/aromatic N) is 3. The number of thiophene rings is 1. The van der Waals surface area contributed by atoms with Gasteiger partial charge in [0.05, 0.1) is 0 Å². The van der Waals surface area contributed by atoms with Gasteiger partial charge < -0.3 is 15.5 Å². The van der Waals surface area contributed by atoms with Gasteiger partial charge in [0, 0.05) is 28.5 Å². The third-order valence-electron chi connectivity index (χ3n) is 5.12. The molecule has 0 spiro atoms. The number of benzene rings is 1. The number of hydrogen-bond donors (Lipinski definition) is 3. The Morgan fingerprint density at radius 2 is 2.07 bits per heavy atom. The number of anilines is 1. The van der Waals surface area contributed by atoms with E-state index in [4.69, 9.17) is 0 Å². The summed E-state index contributed by atoms with van der Waals surface area (Å²) in [5.41, 5.74) is 2.17. The number of rotatable bonds is 2. The molecule has 0 unspecified atom stereocenters. The van der Waals surface area contributed by atoms with Crippen molar-refractivity contribution in [2.45, 2.75) is 24.8 Å². The van der Waals surface area contributed by atoms with E-state index in [1.54, 1.807) is 22.1 Å². The number of phenolic OH excluding ortho intramolecular Hbond substituents is 2. The van der Waals surface area contributed by atoms with Gasteiger partial charge in [-0.1, -0.05) is 12.1 Å². The number of fused-ring (bicyclic) bond motifs is 1. The Morgan fingerprint density at radius 3 is 2.85 bits per heavy atom. The summed E-state index contributed by atoms with van der Waals surface area (Å²) in [6.45, 7) is 0. The van der Waals surface area contributed by atoms with Gasteiger partial charge in [-0.05, 0) is 35.6 Å². The van der Waals surface area contributed by atoms with Crippen molar-refractivity contribution in [2.24, 2.45) is 0 Å². The van der Waals surface area contributed by atoms with Crippen LogP contribution in [0.4, 0.5) is 5.95 Å². The molecule has 2 aromatic heterocycles. The SMILES string of the molecule is O=C1C[C@@H](c2cccs2)CC2=C1[C@H](c1ccc(O)c(O)c1)n1ncnc1N2. The van der Waals surface area contributed by atoms with Crippen LogP contribution in [-0.4, -0.2) is 30.8 Å². The predicted octanol–water partition coefficient (Wildman–Crippen LogP) is 3.17. The van der Waals surface area contributed by atoms with Gasteiger partial charge in [-0.3, -0.25) is 4.79 Å². The molecule has 2 aliphatic rings. The molecular formula is C19H16N4O3S. The minimum Gasteiger partial charge on any atom is -0.504 e. The van der Waals surface area contributed by atoms with Crippen molar-refractivity contribution in [2.75, 3.05) is 5.32 Å². The summed E-state index contributed by atoms with van der Waals surface area (Å²) in [6.07, 6.45) is 2.59. The molecule has 3 N–H and O–H groups in total. The number of carbonyl (C=O) groups excluding carboxylic acids is 1. The van der Waals surface area contributed by atoms with E-state index in [1.807, 2.05) is 11.4 Å². The highest BCUT2D eigenvalue weighted by molar-refractivity contribution is 7.10. The number of carbonyl (C=O) groups is 1. The molecule has 3 aromatic rings. The molecular weight excluding hydrogens is 364 g/mol. The largest absolute Gasteiger partial charge is 0.504 e. The van der Waals surface area contributed by atoms with Crippen LogP contribution in [0.2, 0.25) is 0 Å². The Labute approximate surface area is 158 Å². The number of Topliss-reactive ketones (excluding diaryl/α,β-unsaturated/α-hetero) is 1. The van der Waals surface area contributed by atoms with Crippen molar-refractivity contribution >= 4 is 23.1 Å². The number of hydrogen-bond acceptors (Lipinski definition) is 7. The lowest BCUT2D eigenvalue weighted by molar-refractivity contribution is -0.116. The minimum atomic E-state index is -0.484. The highest BCUT2D eigenvalue weighted by atomic mass is 32.1. The van der Waals surface area contributed by atoms with E-state index in [9.17, 15) is 15.0 Å². The summed E-state index contributed by atoms with van der Waals surface area (Å²) < 4.78 is 1.65. The zero-order valence-corrected chi connectivity index (χ0v) is 15.0. The first-order valence-corrected chi connectivity index (χ1v) is 9.48.